The number of phenolic OH excluding ortho intramolecular Hbond substituents is 1. The first kappa shape index (κ1) is 14.9. The van der Waals surface area contributed by atoms with Gasteiger partial charge in [0, 0.05) is 6.07 Å². The van der Waals surface area contributed by atoms with Crippen LogP contribution in [-0.2, 0) is 19.3 Å². The molecular weight excluding hydrogens is 308 g/mol. The molecule has 0 atom stereocenters. The van der Waals surface area contributed by atoms with Crippen LogP contribution in [0.25, 0.3) is 22.6 Å². The first-order valence-electron chi connectivity index (χ1n) is 8.28. The Morgan fingerprint density at radius 3 is 2.79 bits per heavy atom. The average Bonchev–Trinajstić information content (AvgIpc) is 3.12. The maximum atomic E-state index is 12.7. The molecule has 0 saturated carbocycles. The lowest BCUT2D eigenvalue weighted by Gasteiger charge is -2.22. The minimum absolute atomic E-state index is 0.0792. The van der Waals surface area contributed by atoms with Crippen LogP contribution in [-0.4, -0.2) is 25.7 Å². The fourth-order valence-electron chi connectivity index (χ4n) is 3.61. The van der Waals surface area contributed by atoms with E-state index in [-0.39, 0.29) is 22.3 Å². The molecule has 1 aliphatic carbocycles. The molecule has 0 amide bonds. The molecule has 0 saturated heterocycles. The molecular formula is C17H18N4O3. The van der Waals surface area contributed by atoms with Crippen molar-refractivity contribution in [2.24, 2.45) is 0 Å². The Morgan fingerprint density at radius 1 is 1.29 bits per heavy atom. The number of aromatic hydroxyl groups is 1. The number of rotatable bonds is 3. The number of benzene rings is 1. The molecule has 1 aromatic carbocycles. The molecule has 24 heavy (non-hydrogen) atoms. The lowest BCUT2D eigenvalue weighted by atomic mass is 9.84. The van der Waals surface area contributed by atoms with Crippen LogP contribution in [0, 0.1) is 0 Å². The Labute approximate surface area is 137 Å². The highest BCUT2D eigenvalue weighted by Crippen LogP contribution is 2.39. The molecule has 0 fully saturated rings. The van der Waals surface area contributed by atoms with Gasteiger partial charge in [0.15, 0.2) is 11.2 Å². The van der Waals surface area contributed by atoms with Gasteiger partial charge in [0.1, 0.15) is 16.7 Å². The number of aryl methyl sites for hydroxylation is 1. The van der Waals surface area contributed by atoms with E-state index in [1.54, 1.807) is 0 Å². The van der Waals surface area contributed by atoms with Gasteiger partial charge in [-0.1, -0.05) is 13.3 Å². The maximum absolute atomic E-state index is 12.7. The number of nitrogens with one attached hydrogen (secondary N) is 1. The summed E-state index contributed by atoms with van der Waals surface area (Å²) in [5.74, 6) is 0.661. The van der Waals surface area contributed by atoms with Crippen molar-refractivity contribution in [2.75, 3.05) is 0 Å². The van der Waals surface area contributed by atoms with Crippen molar-refractivity contribution in [3.63, 3.8) is 0 Å². The topological polar surface area (TPSA) is 105 Å². The zero-order valence-corrected chi connectivity index (χ0v) is 13.4. The van der Waals surface area contributed by atoms with Gasteiger partial charge in [-0.25, -0.2) is 5.10 Å². The third kappa shape index (κ3) is 2.19. The van der Waals surface area contributed by atoms with Crippen molar-refractivity contribution in [1.29, 1.82) is 0 Å². The maximum Gasteiger partial charge on any atom is 0.215 e. The van der Waals surface area contributed by atoms with Gasteiger partial charge in [0.05, 0.1) is 0 Å². The minimum Gasteiger partial charge on any atom is -0.507 e. The summed E-state index contributed by atoms with van der Waals surface area (Å²) < 4.78 is 5.98. The van der Waals surface area contributed by atoms with Crippen LogP contribution in [0.15, 0.2) is 15.3 Å². The summed E-state index contributed by atoms with van der Waals surface area (Å²) in [7, 11) is 0. The molecule has 0 spiro atoms. The fraction of sp³-hybridized carbons (Fsp3) is 0.412. The second kappa shape index (κ2) is 5.74. The molecule has 1 aliphatic rings. The first-order valence-corrected chi connectivity index (χ1v) is 8.28. The SMILES string of the molecule is CCCc1c2c(c(O)c3c(=O)cc(-c4nnn[nH]4)oc13)CCCC2. The number of hydrogen-bond acceptors (Lipinski definition) is 6. The van der Waals surface area contributed by atoms with Crippen molar-refractivity contribution in [3.05, 3.63) is 33.0 Å². The summed E-state index contributed by atoms with van der Waals surface area (Å²) in [5.41, 5.74) is 3.29. The summed E-state index contributed by atoms with van der Waals surface area (Å²) >= 11 is 0. The number of fused-ring (bicyclic) bond motifs is 2. The number of hydrogen-bond donors (Lipinski definition) is 2. The van der Waals surface area contributed by atoms with Crippen LogP contribution in [0.5, 0.6) is 5.75 Å². The molecule has 2 heterocycles. The lowest BCUT2D eigenvalue weighted by Crippen LogP contribution is -2.12. The molecule has 2 aromatic heterocycles. The predicted molar refractivity (Wildman–Crippen MR) is 88.0 cm³/mol. The van der Waals surface area contributed by atoms with Crippen molar-refractivity contribution in [1.82, 2.24) is 20.6 Å². The Kier molecular flexibility index (Phi) is 3.55. The van der Waals surface area contributed by atoms with Gasteiger partial charge in [0.2, 0.25) is 5.82 Å². The Balaban J connectivity index is 2.09. The van der Waals surface area contributed by atoms with Crippen LogP contribution in [0.2, 0.25) is 0 Å². The Hall–Kier alpha value is -2.70. The number of tetrazole rings is 1. The predicted octanol–water partition coefficient (Wildman–Crippen LogP) is 2.51. The van der Waals surface area contributed by atoms with Crippen LogP contribution in [0.3, 0.4) is 0 Å². The quantitative estimate of drug-likeness (QED) is 0.766. The van der Waals surface area contributed by atoms with Crippen LogP contribution >= 0.6 is 0 Å². The Morgan fingerprint density at radius 2 is 2.08 bits per heavy atom. The van der Waals surface area contributed by atoms with Gasteiger partial charge < -0.3 is 9.52 Å². The summed E-state index contributed by atoms with van der Waals surface area (Å²) in [4.78, 5) is 12.7. The highest BCUT2D eigenvalue weighted by Gasteiger charge is 2.25. The fourth-order valence-corrected chi connectivity index (χ4v) is 3.61. The third-order valence-electron chi connectivity index (χ3n) is 4.66. The van der Waals surface area contributed by atoms with E-state index in [0.29, 0.717) is 11.4 Å². The number of aromatic amines is 1. The summed E-state index contributed by atoms with van der Waals surface area (Å²) in [5, 5.41) is 24.4. The van der Waals surface area contributed by atoms with Gasteiger partial charge in [-0.15, -0.1) is 5.10 Å². The molecule has 7 heteroatoms. The zero-order valence-electron chi connectivity index (χ0n) is 13.4. The van der Waals surface area contributed by atoms with Crippen molar-refractivity contribution >= 4 is 11.0 Å². The second-order valence-corrected chi connectivity index (χ2v) is 6.17. The van der Waals surface area contributed by atoms with Gasteiger partial charge >= 0.3 is 0 Å². The lowest BCUT2D eigenvalue weighted by molar-refractivity contribution is 0.465. The molecule has 2 N–H and O–H groups in total. The standard InChI is InChI=1S/C17H18N4O3/c1-2-5-11-9-6-3-4-7-10(9)15(23)14-12(22)8-13(24-16(11)14)17-18-20-21-19-17/h8,23H,2-7H2,1H3,(H,18,19,20,21). The second-order valence-electron chi connectivity index (χ2n) is 6.17. The molecule has 0 unspecified atom stereocenters. The van der Waals surface area contributed by atoms with Gasteiger partial charge in [-0.05, 0) is 59.2 Å². The monoisotopic (exact) mass is 326 g/mol. The molecule has 7 nitrogen and oxygen atoms in total. The third-order valence-corrected chi connectivity index (χ3v) is 4.66. The van der Waals surface area contributed by atoms with Crippen molar-refractivity contribution in [3.8, 4) is 17.3 Å². The van der Waals surface area contributed by atoms with Crippen LogP contribution in [0.4, 0.5) is 0 Å². The smallest absolute Gasteiger partial charge is 0.215 e. The van der Waals surface area contributed by atoms with E-state index in [1.165, 1.54) is 6.07 Å². The molecule has 3 aromatic rings. The largest absolute Gasteiger partial charge is 0.507 e. The van der Waals surface area contributed by atoms with Gasteiger partial charge in [-0.3, -0.25) is 4.79 Å². The highest BCUT2D eigenvalue weighted by atomic mass is 16.3. The van der Waals surface area contributed by atoms with Gasteiger partial charge in [-0.2, -0.15) is 0 Å². The number of H-pyrrole nitrogens is 1. The van der Waals surface area contributed by atoms with Crippen molar-refractivity contribution in [2.45, 2.75) is 45.4 Å². The molecule has 0 radical (unpaired) electrons. The van der Waals surface area contributed by atoms with E-state index in [2.05, 4.69) is 27.5 Å². The highest BCUT2D eigenvalue weighted by molar-refractivity contribution is 5.90. The van der Waals surface area contributed by atoms with Crippen LogP contribution in [0.1, 0.15) is 42.9 Å². The van der Waals surface area contributed by atoms with Gasteiger partial charge in [0.25, 0.3) is 0 Å². The van der Waals surface area contributed by atoms with Crippen LogP contribution < -0.4 is 5.43 Å². The summed E-state index contributed by atoms with van der Waals surface area (Å²) in [6.45, 7) is 2.09. The van der Waals surface area contributed by atoms with Crippen molar-refractivity contribution < 1.29 is 9.52 Å². The molecule has 0 aliphatic heterocycles. The van der Waals surface area contributed by atoms with E-state index in [9.17, 15) is 9.90 Å². The van der Waals surface area contributed by atoms with E-state index in [1.807, 2.05) is 0 Å². The Bertz CT molecular complexity index is 960. The van der Waals surface area contributed by atoms with E-state index >= 15 is 0 Å². The zero-order chi connectivity index (χ0) is 16.7. The average molecular weight is 326 g/mol. The summed E-state index contributed by atoms with van der Waals surface area (Å²) in [6.07, 6.45) is 5.58. The summed E-state index contributed by atoms with van der Waals surface area (Å²) in [6, 6.07) is 1.33. The minimum atomic E-state index is -0.272. The molecule has 0 bridgehead atoms. The number of phenols is 1. The normalized spacial score (nSPS) is 14.0. The molecule has 124 valence electrons. The molecule has 4 rings (SSSR count). The van der Waals surface area contributed by atoms with E-state index in [4.69, 9.17) is 4.42 Å². The number of aromatic nitrogens is 4. The first-order chi connectivity index (χ1) is 11.7. The number of nitrogens with zero attached hydrogens (tertiary/aromatic N) is 3. The van der Waals surface area contributed by atoms with E-state index in [0.717, 1.165) is 55.2 Å². The van der Waals surface area contributed by atoms with E-state index < -0.39 is 0 Å².